The standard InChI is InChI=1S/C21H15ClFN3O/c22-17-12-16(9-10-18(17)23)25-21(27)24-15-7-5-13(6-8-15)20-11-14-3-1-2-4-19(14)26-20/h1-12,26H,(H2,24,25,27). The van der Waals surface area contributed by atoms with Gasteiger partial charge in [0, 0.05) is 28.0 Å². The Labute approximate surface area is 160 Å². The number of carbonyl (C=O) groups excluding carboxylic acids is 1. The van der Waals surface area contributed by atoms with Crippen molar-refractivity contribution in [2.75, 3.05) is 10.6 Å². The fraction of sp³-hybridized carbons (Fsp3) is 0. The number of amides is 2. The first-order valence-electron chi connectivity index (χ1n) is 8.30. The summed E-state index contributed by atoms with van der Waals surface area (Å²) in [6.45, 7) is 0. The van der Waals surface area contributed by atoms with E-state index in [9.17, 15) is 9.18 Å². The molecule has 0 atom stereocenters. The summed E-state index contributed by atoms with van der Waals surface area (Å²) < 4.78 is 13.2. The molecule has 1 aromatic heterocycles. The second kappa shape index (κ2) is 7.13. The second-order valence-corrected chi connectivity index (χ2v) is 6.46. The highest BCUT2D eigenvalue weighted by Crippen LogP contribution is 2.25. The molecule has 0 saturated heterocycles. The Hall–Kier alpha value is -3.31. The number of fused-ring (bicyclic) bond motifs is 1. The highest BCUT2D eigenvalue weighted by molar-refractivity contribution is 6.31. The molecule has 2 amide bonds. The number of benzene rings is 3. The number of hydrogen-bond acceptors (Lipinski definition) is 1. The van der Waals surface area contributed by atoms with Crippen molar-refractivity contribution in [2.24, 2.45) is 0 Å². The van der Waals surface area contributed by atoms with Crippen LogP contribution in [-0.4, -0.2) is 11.0 Å². The predicted molar refractivity (Wildman–Crippen MR) is 108 cm³/mol. The van der Waals surface area contributed by atoms with Crippen molar-refractivity contribution in [3.63, 3.8) is 0 Å². The number of rotatable bonds is 3. The molecule has 4 nitrogen and oxygen atoms in total. The van der Waals surface area contributed by atoms with Crippen LogP contribution in [0.15, 0.2) is 72.8 Å². The van der Waals surface area contributed by atoms with Gasteiger partial charge < -0.3 is 15.6 Å². The summed E-state index contributed by atoms with van der Waals surface area (Å²) in [6.07, 6.45) is 0. The third kappa shape index (κ3) is 3.78. The molecule has 6 heteroatoms. The highest BCUT2D eigenvalue weighted by atomic mass is 35.5. The maximum Gasteiger partial charge on any atom is 0.323 e. The molecular weight excluding hydrogens is 365 g/mol. The van der Waals surface area contributed by atoms with Gasteiger partial charge in [0.15, 0.2) is 0 Å². The Morgan fingerprint density at radius 3 is 2.33 bits per heavy atom. The average molecular weight is 380 g/mol. The van der Waals surface area contributed by atoms with Crippen molar-refractivity contribution in [3.05, 3.63) is 83.6 Å². The van der Waals surface area contributed by atoms with Crippen molar-refractivity contribution in [3.8, 4) is 11.3 Å². The third-order valence-electron chi connectivity index (χ3n) is 4.16. The van der Waals surface area contributed by atoms with Crippen LogP contribution in [0.2, 0.25) is 5.02 Å². The second-order valence-electron chi connectivity index (χ2n) is 6.06. The molecule has 0 spiro atoms. The molecule has 0 unspecified atom stereocenters. The van der Waals surface area contributed by atoms with E-state index in [1.807, 2.05) is 42.5 Å². The number of hydrogen-bond donors (Lipinski definition) is 3. The van der Waals surface area contributed by atoms with Crippen LogP contribution in [0.4, 0.5) is 20.6 Å². The molecule has 0 aliphatic rings. The largest absolute Gasteiger partial charge is 0.355 e. The van der Waals surface area contributed by atoms with E-state index in [0.29, 0.717) is 11.4 Å². The molecule has 0 radical (unpaired) electrons. The number of carbonyl (C=O) groups is 1. The fourth-order valence-corrected chi connectivity index (χ4v) is 3.01. The fourth-order valence-electron chi connectivity index (χ4n) is 2.83. The number of anilines is 2. The van der Waals surface area contributed by atoms with E-state index < -0.39 is 11.8 Å². The van der Waals surface area contributed by atoms with E-state index in [4.69, 9.17) is 11.6 Å². The zero-order chi connectivity index (χ0) is 18.8. The minimum atomic E-state index is -0.532. The van der Waals surface area contributed by atoms with Crippen molar-refractivity contribution < 1.29 is 9.18 Å². The van der Waals surface area contributed by atoms with Gasteiger partial charge in [0.1, 0.15) is 5.82 Å². The molecule has 134 valence electrons. The van der Waals surface area contributed by atoms with E-state index in [0.717, 1.165) is 22.2 Å². The topological polar surface area (TPSA) is 56.9 Å². The first-order valence-corrected chi connectivity index (χ1v) is 8.67. The van der Waals surface area contributed by atoms with Gasteiger partial charge in [0.2, 0.25) is 0 Å². The number of H-pyrrole nitrogens is 1. The van der Waals surface area contributed by atoms with Gasteiger partial charge in [-0.05, 0) is 48.0 Å². The van der Waals surface area contributed by atoms with Crippen LogP contribution in [0.5, 0.6) is 0 Å². The van der Waals surface area contributed by atoms with Gasteiger partial charge in [-0.15, -0.1) is 0 Å². The average Bonchev–Trinajstić information content (AvgIpc) is 3.09. The number of para-hydroxylation sites is 1. The molecule has 4 aromatic rings. The molecule has 3 aromatic carbocycles. The van der Waals surface area contributed by atoms with Crippen molar-refractivity contribution in [2.45, 2.75) is 0 Å². The lowest BCUT2D eigenvalue weighted by Crippen LogP contribution is -2.19. The van der Waals surface area contributed by atoms with Crippen LogP contribution in [0.1, 0.15) is 0 Å². The number of urea groups is 1. The summed E-state index contributed by atoms with van der Waals surface area (Å²) in [5.41, 5.74) is 4.15. The normalized spacial score (nSPS) is 10.7. The molecule has 3 N–H and O–H groups in total. The van der Waals surface area contributed by atoms with E-state index in [1.165, 1.54) is 18.2 Å². The SMILES string of the molecule is O=C(Nc1ccc(-c2cc3ccccc3[nH]2)cc1)Nc1ccc(F)c(Cl)c1. The number of aromatic amines is 1. The van der Waals surface area contributed by atoms with Crippen LogP contribution in [0.25, 0.3) is 22.2 Å². The van der Waals surface area contributed by atoms with Gasteiger partial charge >= 0.3 is 6.03 Å². The molecule has 4 rings (SSSR count). The van der Waals surface area contributed by atoms with E-state index in [-0.39, 0.29) is 5.02 Å². The Kier molecular flexibility index (Phi) is 4.52. The van der Waals surface area contributed by atoms with Crippen molar-refractivity contribution >= 4 is 39.9 Å². The summed E-state index contributed by atoms with van der Waals surface area (Å²) in [6, 6.07) is 21.2. The monoisotopic (exact) mass is 379 g/mol. The van der Waals surface area contributed by atoms with Gasteiger partial charge in [0.25, 0.3) is 0 Å². The molecular formula is C21H15ClFN3O. The molecule has 0 aliphatic carbocycles. The summed E-state index contributed by atoms with van der Waals surface area (Å²) in [5.74, 6) is -0.532. The Morgan fingerprint density at radius 1 is 0.889 bits per heavy atom. The third-order valence-corrected chi connectivity index (χ3v) is 4.45. The first kappa shape index (κ1) is 17.1. The van der Waals surface area contributed by atoms with Gasteiger partial charge in [0.05, 0.1) is 5.02 Å². The summed E-state index contributed by atoms with van der Waals surface area (Å²) in [5, 5.41) is 6.45. The van der Waals surface area contributed by atoms with E-state index in [2.05, 4.69) is 27.8 Å². The van der Waals surface area contributed by atoms with Crippen LogP contribution in [0.3, 0.4) is 0 Å². The zero-order valence-electron chi connectivity index (χ0n) is 14.1. The number of aromatic nitrogens is 1. The summed E-state index contributed by atoms with van der Waals surface area (Å²) in [4.78, 5) is 15.5. The molecule has 27 heavy (non-hydrogen) atoms. The van der Waals surface area contributed by atoms with E-state index in [1.54, 1.807) is 0 Å². The summed E-state index contributed by atoms with van der Waals surface area (Å²) >= 11 is 5.71. The van der Waals surface area contributed by atoms with Gasteiger partial charge in [-0.3, -0.25) is 0 Å². The van der Waals surface area contributed by atoms with Crippen molar-refractivity contribution in [1.29, 1.82) is 0 Å². The van der Waals surface area contributed by atoms with Gasteiger partial charge in [-0.2, -0.15) is 0 Å². The predicted octanol–water partition coefficient (Wildman–Crippen LogP) is 6.27. The van der Waals surface area contributed by atoms with Crippen LogP contribution in [0, 0.1) is 5.82 Å². The lowest BCUT2D eigenvalue weighted by atomic mass is 10.1. The van der Waals surface area contributed by atoms with Crippen molar-refractivity contribution in [1.82, 2.24) is 4.98 Å². The van der Waals surface area contributed by atoms with E-state index >= 15 is 0 Å². The zero-order valence-corrected chi connectivity index (χ0v) is 14.8. The minimum absolute atomic E-state index is 0.0458. The molecule has 0 bridgehead atoms. The molecule has 0 aliphatic heterocycles. The smallest absolute Gasteiger partial charge is 0.323 e. The minimum Gasteiger partial charge on any atom is -0.355 e. The maximum absolute atomic E-state index is 13.2. The van der Waals surface area contributed by atoms with Crippen LogP contribution < -0.4 is 10.6 Å². The molecule has 0 fully saturated rings. The van der Waals surface area contributed by atoms with Gasteiger partial charge in [-0.25, -0.2) is 9.18 Å². The Balaban J connectivity index is 1.45. The quantitative estimate of drug-likeness (QED) is 0.386. The summed E-state index contributed by atoms with van der Waals surface area (Å²) in [7, 11) is 0. The lowest BCUT2D eigenvalue weighted by molar-refractivity contribution is 0.262. The number of halogens is 2. The number of nitrogens with one attached hydrogen (secondary N) is 3. The van der Waals surface area contributed by atoms with Crippen LogP contribution >= 0.6 is 11.6 Å². The molecule has 1 heterocycles. The Bertz CT molecular complexity index is 1090. The highest BCUT2D eigenvalue weighted by Gasteiger charge is 2.07. The van der Waals surface area contributed by atoms with Gasteiger partial charge in [-0.1, -0.05) is 41.9 Å². The molecule has 0 saturated carbocycles. The van der Waals surface area contributed by atoms with Crippen LogP contribution in [-0.2, 0) is 0 Å². The lowest BCUT2D eigenvalue weighted by Gasteiger charge is -2.09. The first-order chi connectivity index (χ1) is 13.1. The maximum atomic E-state index is 13.2. The Morgan fingerprint density at radius 2 is 1.59 bits per heavy atom.